The highest BCUT2D eigenvalue weighted by atomic mass is 16.5. The molecule has 9 heteroatoms. The van der Waals surface area contributed by atoms with Crippen LogP contribution in [0.5, 0.6) is 5.75 Å². The van der Waals surface area contributed by atoms with Gasteiger partial charge in [0.1, 0.15) is 17.4 Å². The largest absolute Gasteiger partial charge is 0.494 e. The second kappa shape index (κ2) is 14.6. The molecule has 0 aromatic heterocycles. The third-order valence-electron chi connectivity index (χ3n) is 11.5. The number of hydrogen-bond acceptors (Lipinski definition) is 6. The minimum Gasteiger partial charge on any atom is -0.494 e. The van der Waals surface area contributed by atoms with Crippen molar-refractivity contribution in [2.75, 3.05) is 36.1 Å². The number of rotatable bonds is 14. The van der Waals surface area contributed by atoms with E-state index in [-0.39, 0.29) is 30.8 Å². The average molecular weight is 714 g/mol. The third kappa shape index (κ3) is 5.92. The van der Waals surface area contributed by atoms with Crippen molar-refractivity contribution in [3.05, 3.63) is 128 Å². The lowest BCUT2D eigenvalue weighted by atomic mass is 9.64. The van der Waals surface area contributed by atoms with Crippen LogP contribution in [-0.4, -0.2) is 71.3 Å². The van der Waals surface area contributed by atoms with Crippen molar-refractivity contribution in [3.63, 3.8) is 0 Å². The normalized spacial score (nSPS) is 24.8. The Balaban J connectivity index is 1.36. The molecule has 3 aliphatic rings. The van der Waals surface area contributed by atoms with E-state index < -0.39 is 41.7 Å². The second-order valence-corrected chi connectivity index (χ2v) is 14.1. The Bertz CT molecular complexity index is 2020. The number of amides is 3. The molecule has 3 saturated heterocycles. The summed E-state index contributed by atoms with van der Waals surface area (Å²) in [6, 6.07) is 28.3. The van der Waals surface area contributed by atoms with Gasteiger partial charge in [0.05, 0.1) is 36.7 Å². The van der Waals surface area contributed by atoms with Crippen molar-refractivity contribution >= 4 is 39.9 Å². The van der Waals surface area contributed by atoms with E-state index in [4.69, 9.17) is 9.47 Å². The number of anilines is 2. The van der Waals surface area contributed by atoms with Crippen LogP contribution in [0.1, 0.15) is 44.7 Å². The second-order valence-electron chi connectivity index (χ2n) is 14.1. The number of aliphatic hydroxyl groups is 1. The summed E-state index contributed by atoms with van der Waals surface area (Å²) in [6.07, 6.45) is 4.72. The van der Waals surface area contributed by atoms with Crippen molar-refractivity contribution in [1.29, 1.82) is 0 Å². The standard InChI is InChI=1S/C44H47N3O6/c1-5-26-45(33-20-22-35(23-21-33)52-8-4)40(49)37-38-41(50)47(36(29-48)31-15-10-9-11-16-31)39(44(38)25-24-43(37,7-3)53-44)42(51)46(27-6-2)34-19-18-30-14-12-13-17-32(30)28-34/h5-6,9-23,28,36-39,48H,1-2,7-8,24-27,29H2,3-4H3/t36-,37+,38+,39?,43-,44?/m1/s1. The molecular formula is C44H47N3O6. The number of likely N-dealkylation sites (tertiary alicyclic amines) is 1. The molecule has 4 aromatic rings. The molecule has 3 fully saturated rings. The maximum absolute atomic E-state index is 15.4. The van der Waals surface area contributed by atoms with Gasteiger partial charge in [-0.2, -0.15) is 0 Å². The van der Waals surface area contributed by atoms with Gasteiger partial charge in [-0.1, -0.05) is 79.7 Å². The number of carbonyl (C=O) groups is 3. The van der Waals surface area contributed by atoms with Crippen molar-refractivity contribution in [1.82, 2.24) is 4.90 Å². The van der Waals surface area contributed by atoms with Crippen molar-refractivity contribution < 1.29 is 29.0 Å². The van der Waals surface area contributed by atoms with Gasteiger partial charge in [0.2, 0.25) is 11.8 Å². The first-order valence-electron chi connectivity index (χ1n) is 18.5. The first-order chi connectivity index (χ1) is 25.8. The minimum absolute atomic E-state index is 0.178. The third-order valence-corrected chi connectivity index (χ3v) is 11.5. The zero-order valence-corrected chi connectivity index (χ0v) is 30.4. The molecule has 9 nitrogen and oxygen atoms in total. The van der Waals surface area contributed by atoms with Gasteiger partial charge in [0.25, 0.3) is 5.91 Å². The highest BCUT2D eigenvalue weighted by Crippen LogP contribution is 2.65. The van der Waals surface area contributed by atoms with Crippen LogP contribution in [0.4, 0.5) is 11.4 Å². The van der Waals surface area contributed by atoms with Gasteiger partial charge in [-0.15, -0.1) is 13.2 Å². The molecule has 6 atom stereocenters. The fraction of sp³-hybridized carbons (Fsp3) is 0.341. The van der Waals surface area contributed by atoms with E-state index in [1.165, 1.54) is 4.90 Å². The Morgan fingerprint density at radius 2 is 1.53 bits per heavy atom. The number of fused-ring (bicyclic) bond motifs is 2. The zero-order valence-electron chi connectivity index (χ0n) is 30.4. The van der Waals surface area contributed by atoms with Crippen LogP contribution < -0.4 is 14.5 Å². The van der Waals surface area contributed by atoms with E-state index in [0.29, 0.717) is 48.6 Å². The Hall–Kier alpha value is -5.25. The predicted octanol–water partition coefficient (Wildman–Crippen LogP) is 6.87. The molecule has 3 aliphatic heterocycles. The summed E-state index contributed by atoms with van der Waals surface area (Å²) in [5, 5.41) is 13.0. The Morgan fingerprint density at radius 1 is 0.887 bits per heavy atom. The number of nitrogens with zero attached hydrogens (tertiary/aromatic N) is 3. The first kappa shape index (κ1) is 36.1. The van der Waals surface area contributed by atoms with Crippen LogP contribution in [0.25, 0.3) is 10.8 Å². The summed E-state index contributed by atoms with van der Waals surface area (Å²) in [5.41, 5.74) is -0.313. The number of aliphatic hydroxyl groups excluding tert-OH is 1. The molecule has 0 radical (unpaired) electrons. The molecule has 2 bridgehead atoms. The summed E-state index contributed by atoms with van der Waals surface area (Å²) in [4.78, 5) is 50.6. The molecule has 0 aliphatic carbocycles. The van der Waals surface area contributed by atoms with E-state index in [1.54, 1.807) is 22.0 Å². The highest BCUT2D eigenvalue weighted by Gasteiger charge is 2.79. The zero-order chi connectivity index (χ0) is 37.3. The molecule has 0 saturated carbocycles. The maximum Gasteiger partial charge on any atom is 0.253 e. The van der Waals surface area contributed by atoms with Gasteiger partial charge in [-0.25, -0.2) is 0 Å². The van der Waals surface area contributed by atoms with Crippen molar-refractivity contribution in [2.45, 2.75) is 56.4 Å². The maximum atomic E-state index is 15.4. The van der Waals surface area contributed by atoms with E-state index in [2.05, 4.69) is 13.2 Å². The van der Waals surface area contributed by atoms with Gasteiger partial charge in [-0.05, 0) is 78.9 Å². The van der Waals surface area contributed by atoms with Crippen molar-refractivity contribution in [3.8, 4) is 5.75 Å². The number of hydrogen-bond donors (Lipinski definition) is 1. The quantitative estimate of drug-likeness (QED) is 0.143. The minimum atomic E-state index is -1.32. The Labute approximate surface area is 311 Å². The van der Waals surface area contributed by atoms with Crippen LogP contribution in [0, 0.1) is 11.8 Å². The molecule has 7 rings (SSSR count). The van der Waals surface area contributed by atoms with Crippen LogP contribution in [0.2, 0.25) is 0 Å². The molecule has 2 unspecified atom stereocenters. The molecule has 1 spiro atoms. The summed E-state index contributed by atoms with van der Waals surface area (Å²) < 4.78 is 12.8. The fourth-order valence-electron chi connectivity index (χ4n) is 9.13. The van der Waals surface area contributed by atoms with E-state index >= 15 is 14.4 Å². The summed E-state index contributed by atoms with van der Waals surface area (Å²) in [5.74, 6) is -2.15. The van der Waals surface area contributed by atoms with Crippen LogP contribution in [0.3, 0.4) is 0 Å². The summed E-state index contributed by atoms with van der Waals surface area (Å²) >= 11 is 0. The summed E-state index contributed by atoms with van der Waals surface area (Å²) in [6.45, 7) is 12.3. The SMILES string of the molecule is C=CCN(C(=O)C1N([C@H](CO)c2ccccc2)C(=O)[C@@H]2[C@@H](C(=O)N(CC=C)c3ccc(OCC)cc3)[C@@]3(CC)CCC12O3)c1ccc2ccccc2c1. The lowest BCUT2D eigenvalue weighted by Gasteiger charge is -2.39. The molecule has 1 N–H and O–H groups in total. The lowest BCUT2D eigenvalue weighted by Crippen LogP contribution is -2.57. The fourth-order valence-corrected chi connectivity index (χ4v) is 9.13. The number of ether oxygens (including phenoxy) is 2. The molecule has 3 amide bonds. The van der Waals surface area contributed by atoms with Crippen LogP contribution in [-0.2, 0) is 19.1 Å². The highest BCUT2D eigenvalue weighted by molar-refractivity contribution is 6.07. The van der Waals surface area contributed by atoms with Gasteiger partial charge in [-0.3, -0.25) is 14.4 Å². The van der Waals surface area contributed by atoms with Gasteiger partial charge in [0.15, 0.2) is 0 Å². The van der Waals surface area contributed by atoms with E-state index in [9.17, 15) is 5.11 Å². The lowest BCUT2D eigenvalue weighted by molar-refractivity contribution is -0.149. The smallest absolute Gasteiger partial charge is 0.253 e. The van der Waals surface area contributed by atoms with E-state index in [0.717, 1.165) is 10.8 Å². The Kier molecular flexibility index (Phi) is 9.98. The monoisotopic (exact) mass is 713 g/mol. The Morgan fingerprint density at radius 3 is 2.17 bits per heavy atom. The molecular weight excluding hydrogens is 666 g/mol. The van der Waals surface area contributed by atoms with Gasteiger partial charge < -0.3 is 29.3 Å². The average Bonchev–Trinajstić information content (AvgIpc) is 3.80. The van der Waals surface area contributed by atoms with Crippen LogP contribution in [0.15, 0.2) is 122 Å². The van der Waals surface area contributed by atoms with Gasteiger partial charge in [0, 0.05) is 24.5 Å². The topological polar surface area (TPSA) is 99.6 Å². The molecule has 274 valence electrons. The van der Waals surface area contributed by atoms with Crippen molar-refractivity contribution in [2.24, 2.45) is 11.8 Å². The number of carbonyl (C=O) groups excluding carboxylic acids is 3. The predicted molar refractivity (Wildman–Crippen MR) is 207 cm³/mol. The van der Waals surface area contributed by atoms with E-state index in [1.807, 2.05) is 111 Å². The van der Waals surface area contributed by atoms with Crippen LogP contribution >= 0.6 is 0 Å². The molecule has 3 heterocycles. The number of benzene rings is 4. The molecule has 4 aromatic carbocycles. The summed E-state index contributed by atoms with van der Waals surface area (Å²) in [7, 11) is 0. The van der Waals surface area contributed by atoms with Gasteiger partial charge >= 0.3 is 0 Å². The first-order valence-corrected chi connectivity index (χ1v) is 18.5. The molecule has 53 heavy (non-hydrogen) atoms.